The summed E-state index contributed by atoms with van der Waals surface area (Å²) in [6.45, 7) is 3.98. The fraction of sp³-hybridized carbons (Fsp3) is 0.258. The molecule has 0 aliphatic carbocycles. The minimum Gasteiger partial charge on any atom is -0.493 e. The van der Waals surface area contributed by atoms with E-state index < -0.39 is 6.04 Å². The molecule has 2 N–H and O–H groups in total. The average Bonchev–Trinajstić information content (AvgIpc) is 3.33. The van der Waals surface area contributed by atoms with Crippen LogP contribution >= 0.6 is 11.6 Å². The van der Waals surface area contributed by atoms with E-state index in [2.05, 4.69) is 20.8 Å². The number of carbonyl (C=O) groups excluding carboxylic acids is 2. The van der Waals surface area contributed by atoms with Crippen molar-refractivity contribution in [2.75, 3.05) is 32.7 Å². The SMILES string of the molecule is CCNC(=O)C[C@@H]1N=C(c2ccc(Cl)cc2)c2cc(OCC(=O)Nc3ccc(OC)c(OC)c3)ccc2-n2c(C)nnc21. The fourth-order valence-corrected chi connectivity index (χ4v) is 4.97. The number of rotatable bonds is 10. The van der Waals surface area contributed by atoms with E-state index >= 15 is 0 Å². The van der Waals surface area contributed by atoms with Gasteiger partial charge in [-0.15, -0.1) is 10.2 Å². The molecule has 1 aromatic heterocycles. The first-order chi connectivity index (χ1) is 20.8. The molecule has 12 heteroatoms. The maximum Gasteiger partial charge on any atom is 0.262 e. The van der Waals surface area contributed by atoms with E-state index in [1.807, 2.05) is 42.7 Å². The lowest BCUT2D eigenvalue weighted by molar-refractivity contribution is -0.121. The molecule has 5 rings (SSSR count). The first kappa shape index (κ1) is 29.6. The molecule has 0 unspecified atom stereocenters. The molecule has 1 aliphatic heterocycles. The number of carbonyl (C=O) groups is 2. The Kier molecular flexibility index (Phi) is 8.91. The zero-order chi connectivity index (χ0) is 30.5. The molecule has 4 aromatic rings. The van der Waals surface area contributed by atoms with E-state index in [1.165, 1.54) is 7.11 Å². The lowest BCUT2D eigenvalue weighted by Gasteiger charge is -2.15. The van der Waals surface area contributed by atoms with Gasteiger partial charge in [0.05, 0.1) is 32.0 Å². The van der Waals surface area contributed by atoms with Gasteiger partial charge < -0.3 is 24.8 Å². The number of benzene rings is 3. The molecule has 1 aliphatic rings. The molecule has 0 saturated carbocycles. The molecule has 11 nitrogen and oxygen atoms in total. The van der Waals surface area contributed by atoms with Crippen LogP contribution in [-0.4, -0.2) is 59.7 Å². The Bertz CT molecular complexity index is 1680. The van der Waals surface area contributed by atoms with Crippen molar-refractivity contribution in [3.63, 3.8) is 0 Å². The van der Waals surface area contributed by atoms with Gasteiger partial charge in [-0.2, -0.15) is 0 Å². The summed E-state index contributed by atoms with van der Waals surface area (Å²) in [5, 5.41) is 14.9. The van der Waals surface area contributed by atoms with Gasteiger partial charge in [0, 0.05) is 34.4 Å². The van der Waals surface area contributed by atoms with Gasteiger partial charge in [0.15, 0.2) is 23.9 Å². The molecule has 222 valence electrons. The second-order valence-electron chi connectivity index (χ2n) is 9.68. The number of anilines is 1. The van der Waals surface area contributed by atoms with E-state index in [1.54, 1.807) is 43.5 Å². The largest absolute Gasteiger partial charge is 0.493 e. The highest BCUT2D eigenvalue weighted by molar-refractivity contribution is 6.30. The fourth-order valence-electron chi connectivity index (χ4n) is 4.84. The van der Waals surface area contributed by atoms with Crippen LogP contribution in [0.2, 0.25) is 5.02 Å². The first-order valence-corrected chi connectivity index (χ1v) is 14.0. The van der Waals surface area contributed by atoms with E-state index in [0.717, 1.165) is 16.8 Å². The number of amides is 2. The lowest BCUT2D eigenvalue weighted by Crippen LogP contribution is -2.25. The van der Waals surface area contributed by atoms with Crippen molar-refractivity contribution in [2.24, 2.45) is 4.99 Å². The molecule has 0 fully saturated rings. The lowest BCUT2D eigenvalue weighted by atomic mass is 10.00. The van der Waals surface area contributed by atoms with Gasteiger partial charge in [0.2, 0.25) is 5.91 Å². The van der Waals surface area contributed by atoms with Crippen molar-refractivity contribution in [2.45, 2.75) is 26.3 Å². The first-order valence-electron chi connectivity index (χ1n) is 13.6. The number of hydrogen-bond donors (Lipinski definition) is 2. The Morgan fingerprint density at radius 2 is 1.72 bits per heavy atom. The van der Waals surface area contributed by atoms with Gasteiger partial charge in [-0.25, -0.2) is 0 Å². The van der Waals surface area contributed by atoms with Crippen molar-refractivity contribution >= 4 is 34.8 Å². The molecular formula is C31H31ClN6O5. The predicted octanol–water partition coefficient (Wildman–Crippen LogP) is 4.68. The van der Waals surface area contributed by atoms with Crippen LogP contribution in [0.1, 0.15) is 42.2 Å². The number of aryl methyl sites for hydroxylation is 1. The van der Waals surface area contributed by atoms with Gasteiger partial charge in [-0.1, -0.05) is 23.7 Å². The number of aromatic nitrogens is 3. The second-order valence-corrected chi connectivity index (χ2v) is 10.1. The molecular weight excluding hydrogens is 572 g/mol. The Balaban J connectivity index is 1.47. The second kappa shape index (κ2) is 13.0. The molecule has 3 aromatic carbocycles. The van der Waals surface area contributed by atoms with Crippen LogP contribution in [0.3, 0.4) is 0 Å². The Labute approximate surface area is 253 Å². The van der Waals surface area contributed by atoms with Crippen molar-refractivity contribution in [1.82, 2.24) is 20.1 Å². The third-order valence-corrected chi connectivity index (χ3v) is 7.06. The van der Waals surface area contributed by atoms with Crippen molar-refractivity contribution in [1.29, 1.82) is 0 Å². The van der Waals surface area contributed by atoms with Crippen LogP contribution in [-0.2, 0) is 9.59 Å². The minimum absolute atomic E-state index is 0.0940. The predicted molar refractivity (Wildman–Crippen MR) is 163 cm³/mol. The smallest absolute Gasteiger partial charge is 0.262 e. The number of hydrogen-bond acceptors (Lipinski definition) is 8. The summed E-state index contributed by atoms with van der Waals surface area (Å²) >= 11 is 6.19. The average molecular weight is 603 g/mol. The van der Waals surface area contributed by atoms with Crippen LogP contribution in [0.4, 0.5) is 5.69 Å². The standard InChI is InChI=1S/C31H31ClN6O5/c1-5-33-28(39)16-24-31-37-36-18(2)38(31)25-12-11-22(15-23(25)30(35-24)19-6-8-20(32)9-7-19)43-17-29(40)34-21-10-13-26(41-3)27(14-21)42-4/h6-15,24H,5,16-17H2,1-4H3,(H,33,39)(H,34,40)/t24-/m0/s1. The summed E-state index contributed by atoms with van der Waals surface area (Å²) in [5.74, 6) is 2.21. The molecule has 0 spiro atoms. The normalized spacial score (nSPS) is 13.6. The number of nitrogens with zero attached hydrogens (tertiary/aromatic N) is 4. The van der Waals surface area contributed by atoms with E-state index in [0.29, 0.717) is 51.9 Å². The number of methoxy groups -OCH3 is 2. The third-order valence-electron chi connectivity index (χ3n) is 6.80. The van der Waals surface area contributed by atoms with Gasteiger partial charge in [-0.3, -0.25) is 19.1 Å². The zero-order valence-electron chi connectivity index (χ0n) is 24.2. The highest BCUT2D eigenvalue weighted by atomic mass is 35.5. The molecule has 0 saturated heterocycles. The number of fused-ring (bicyclic) bond motifs is 3. The number of ether oxygens (including phenoxy) is 3. The monoisotopic (exact) mass is 602 g/mol. The molecule has 2 amide bonds. The number of aliphatic imine (C=N–C) groups is 1. The van der Waals surface area contributed by atoms with Crippen molar-refractivity contribution < 1.29 is 23.8 Å². The zero-order valence-corrected chi connectivity index (χ0v) is 24.9. The van der Waals surface area contributed by atoms with Gasteiger partial charge in [-0.05, 0) is 56.3 Å². The quantitative estimate of drug-likeness (QED) is 0.270. The number of nitrogens with one attached hydrogen (secondary N) is 2. The van der Waals surface area contributed by atoms with E-state index in [-0.39, 0.29) is 24.8 Å². The van der Waals surface area contributed by atoms with Crippen LogP contribution in [0.5, 0.6) is 17.2 Å². The van der Waals surface area contributed by atoms with Crippen LogP contribution < -0.4 is 24.8 Å². The third kappa shape index (κ3) is 6.46. The Morgan fingerprint density at radius 3 is 2.44 bits per heavy atom. The van der Waals surface area contributed by atoms with E-state index in [4.69, 9.17) is 30.8 Å². The maximum absolute atomic E-state index is 12.8. The topological polar surface area (TPSA) is 129 Å². The molecule has 0 radical (unpaired) electrons. The van der Waals surface area contributed by atoms with Crippen LogP contribution in [0.25, 0.3) is 5.69 Å². The summed E-state index contributed by atoms with van der Waals surface area (Å²) in [5.41, 5.74) is 3.46. The summed E-state index contributed by atoms with van der Waals surface area (Å²) < 4.78 is 18.4. The van der Waals surface area contributed by atoms with Gasteiger partial charge in [0.1, 0.15) is 17.6 Å². The summed E-state index contributed by atoms with van der Waals surface area (Å²) in [6.07, 6.45) is 0.0940. The molecule has 2 heterocycles. The molecule has 1 atom stereocenters. The summed E-state index contributed by atoms with van der Waals surface area (Å²) in [6, 6.07) is 17.3. The van der Waals surface area contributed by atoms with Gasteiger partial charge in [0.25, 0.3) is 5.91 Å². The Morgan fingerprint density at radius 1 is 0.953 bits per heavy atom. The van der Waals surface area contributed by atoms with Crippen LogP contribution in [0.15, 0.2) is 65.7 Å². The summed E-state index contributed by atoms with van der Waals surface area (Å²) in [7, 11) is 3.07. The van der Waals surface area contributed by atoms with Crippen molar-refractivity contribution in [3.05, 3.63) is 88.5 Å². The highest BCUT2D eigenvalue weighted by Crippen LogP contribution is 2.35. The summed E-state index contributed by atoms with van der Waals surface area (Å²) in [4.78, 5) is 30.5. The highest BCUT2D eigenvalue weighted by Gasteiger charge is 2.30. The maximum atomic E-state index is 12.8. The molecule has 0 bridgehead atoms. The van der Waals surface area contributed by atoms with Gasteiger partial charge >= 0.3 is 0 Å². The Hall–Kier alpha value is -4.90. The van der Waals surface area contributed by atoms with Crippen LogP contribution in [0, 0.1) is 6.92 Å². The molecule has 43 heavy (non-hydrogen) atoms. The number of halogens is 1. The van der Waals surface area contributed by atoms with Crippen molar-refractivity contribution in [3.8, 4) is 22.9 Å². The van der Waals surface area contributed by atoms with E-state index in [9.17, 15) is 9.59 Å². The minimum atomic E-state index is -0.595.